The Hall–Kier alpha value is -1.77. The van der Waals surface area contributed by atoms with Gasteiger partial charge in [0.1, 0.15) is 5.60 Å². The largest absolute Gasteiger partial charge is 0.456 e. The molecule has 1 aliphatic heterocycles. The Morgan fingerprint density at radius 1 is 1.06 bits per heavy atom. The van der Waals surface area contributed by atoms with Gasteiger partial charge >= 0.3 is 12.1 Å². The molecule has 0 radical (unpaired) electrons. The van der Waals surface area contributed by atoms with Crippen molar-refractivity contribution in [3.63, 3.8) is 0 Å². The van der Waals surface area contributed by atoms with Crippen LogP contribution in [0.3, 0.4) is 0 Å². The van der Waals surface area contributed by atoms with E-state index in [-0.39, 0.29) is 36.9 Å². The molecular weight excluding hydrogens is 570 g/mol. The van der Waals surface area contributed by atoms with Crippen LogP contribution in [-0.4, -0.2) is 23.5 Å². The molecule has 2 aromatic rings. The van der Waals surface area contributed by atoms with Gasteiger partial charge in [-0.2, -0.15) is 13.2 Å². The molecule has 1 heterocycles. The molecule has 0 fully saturated rings. The minimum atomic E-state index is -4.84. The highest BCUT2D eigenvalue weighted by molar-refractivity contribution is 9.10. The number of ether oxygens (including phenoxy) is 1. The van der Waals surface area contributed by atoms with Crippen LogP contribution in [0.5, 0.6) is 0 Å². The van der Waals surface area contributed by atoms with Crippen LogP contribution >= 0.6 is 39.1 Å². The number of hydrogen-bond donors (Lipinski definition) is 0. The first-order valence-corrected chi connectivity index (χ1v) is 12.3. The summed E-state index contributed by atoms with van der Waals surface area (Å²) in [5, 5.41) is 4.34. The lowest BCUT2D eigenvalue weighted by Gasteiger charge is -2.35. The third-order valence-electron chi connectivity index (χ3n) is 5.33. The number of rotatable bonds is 3. The topological polar surface area (TPSA) is 47.9 Å². The standard InChI is InChI=1S/C25H25BrCl2F3NO3/c1-22(2,3)19-17(8-7-16(20(19)26)21(33)34-23(4,5)6)24(25(29,30)31)12-18(32-35-24)13-9-14(27)11-15(28)10-13/h7-11H,12H2,1-6H3. The fraction of sp³-hybridized carbons (Fsp3) is 0.440. The molecule has 3 rings (SSSR count). The summed E-state index contributed by atoms with van der Waals surface area (Å²) < 4.78 is 50.0. The van der Waals surface area contributed by atoms with Crippen molar-refractivity contribution in [2.75, 3.05) is 0 Å². The van der Waals surface area contributed by atoms with E-state index in [2.05, 4.69) is 21.1 Å². The number of oxime groups is 1. The molecule has 2 aromatic carbocycles. The lowest BCUT2D eigenvalue weighted by Crippen LogP contribution is -2.44. The minimum absolute atomic E-state index is 0.0546. The molecule has 190 valence electrons. The van der Waals surface area contributed by atoms with Crippen LogP contribution in [0.1, 0.15) is 75.0 Å². The fourth-order valence-corrected chi connectivity index (χ4v) is 5.52. The van der Waals surface area contributed by atoms with E-state index in [1.54, 1.807) is 41.5 Å². The smallest absolute Gasteiger partial charge is 0.435 e. The molecule has 1 unspecified atom stereocenters. The van der Waals surface area contributed by atoms with Gasteiger partial charge in [-0.25, -0.2) is 4.79 Å². The summed E-state index contributed by atoms with van der Waals surface area (Å²) in [6.07, 6.45) is -5.44. The van der Waals surface area contributed by atoms with Gasteiger partial charge in [-0.15, -0.1) is 0 Å². The highest BCUT2D eigenvalue weighted by atomic mass is 79.9. The van der Waals surface area contributed by atoms with Crippen molar-refractivity contribution >= 4 is 50.8 Å². The molecule has 0 spiro atoms. The highest BCUT2D eigenvalue weighted by Crippen LogP contribution is 2.53. The fourth-order valence-electron chi connectivity index (χ4n) is 3.89. The number of halogens is 6. The molecule has 0 saturated heterocycles. The van der Waals surface area contributed by atoms with Crippen molar-refractivity contribution in [3.05, 3.63) is 67.1 Å². The number of esters is 1. The molecule has 1 aliphatic rings. The molecule has 0 aliphatic carbocycles. The summed E-state index contributed by atoms with van der Waals surface area (Å²) in [5.74, 6) is -0.652. The molecule has 35 heavy (non-hydrogen) atoms. The third-order valence-corrected chi connectivity index (χ3v) is 6.59. The Labute approximate surface area is 220 Å². The molecule has 0 bridgehead atoms. The van der Waals surface area contributed by atoms with E-state index in [0.717, 1.165) is 0 Å². The van der Waals surface area contributed by atoms with Crippen LogP contribution in [0.15, 0.2) is 40.0 Å². The van der Waals surface area contributed by atoms with Gasteiger partial charge in [0.15, 0.2) is 0 Å². The molecule has 0 amide bonds. The van der Waals surface area contributed by atoms with Crippen molar-refractivity contribution in [1.29, 1.82) is 0 Å². The van der Waals surface area contributed by atoms with Gasteiger partial charge < -0.3 is 9.57 Å². The quantitative estimate of drug-likeness (QED) is 0.334. The number of benzene rings is 2. The summed E-state index contributed by atoms with van der Waals surface area (Å²) in [7, 11) is 0. The second kappa shape index (κ2) is 9.27. The van der Waals surface area contributed by atoms with Gasteiger partial charge in [-0.3, -0.25) is 0 Å². The van der Waals surface area contributed by atoms with E-state index in [1.807, 2.05) is 0 Å². The maximum Gasteiger partial charge on any atom is 0.435 e. The van der Waals surface area contributed by atoms with Gasteiger partial charge in [0, 0.05) is 32.1 Å². The lowest BCUT2D eigenvalue weighted by molar-refractivity contribution is -0.276. The van der Waals surface area contributed by atoms with Crippen LogP contribution in [-0.2, 0) is 20.6 Å². The van der Waals surface area contributed by atoms with Gasteiger partial charge in [-0.05, 0) is 71.9 Å². The number of carbonyl (C=O) groups is 1. The van der Waals surface area contributed by atoms with Crippen molar-refractivity contribution in [2.24, 2.45) is 5.16 Å². The monoisotopic (exact) mass is 593 g/mol. The molecule has 1 atom stereocenters. The molecule has 0 N–H and O–H groups in total. The van der Waals surface area contributed by atoms with E-state index in [4.69, 9.17) is 32.8 Å². The van der Waals surface area contributed by atoms with Crippen LogP contribution in [0.4, 0.5) is 13.2 Å². The molecule has 0 aromatic heterocycles. The minimum Gasteiger partial charge on any atom is -0.456 e. The van der Waals surface area contributed by atoms with Crippen molar-refractivity contribution in [2.45, 2.75) is 70.8 Å². The number of alkyl halides is 3. The van der Waals surface area contributed by atoms with Crippen molar-refractivity contribution in [3.8, 4) is 0 Å². The zero-order chi connectivity index (χ0) is 26.6. The first-order chi connectivity index (χ1) is 15.9. The van der Waals surface area contributed by atoms with E-state index in [9.17, 15) is 18.0 Å². The second-order valence-electron chi connectivity index (χ2n) is 10.4. The van der Waals surface area contributed by atoms with E-state index in [1.165, 1.54) is 30.3 Å². The van der Waals surface area contributed by atoms with Gasteiger partial charge in [-0.1, -0.05) is 55.2 Å². The van der Waals surface area contributed by atoms with E-state index in [0.29, 0.717) is 5.56 Å². The van der Waals surface area contributed by atoms with Crippen LogP contribution in [0.25, 0.3) is 0 Å². The van der Waals surface area contributed by atoms with Gasteiger partial charge in [0.25, 0.3) is 5.60 Å². The average molecular weight is 595 g/mol. The van der Waals surface area contributed by atoms with E-state index < -0.39 is 35.2 Å². The van der Waals surface area contributed by atoms with Crippen LogP contribution in [0, 0.1) is 0 Å². The highest BCUT2D eigenvalue weighted by Gasteiger charge is 2.63. The Kier molecular flexibility index (Phi) is 7.37. The lowest BCUT2D eigenvalue weighted by atomic mass is 9.75. The summed E-state index contributed by atoms with van der Waals surface area (Å²) in [4.78, 5) is 18.1. The molecule has 4 nitrogen and oxygen atoms in total. The average Bonchev–Trinajstić information content (AvgIpc) is 3.11. The number of hydrogen-bond acceptors (Lipinski definition) is 4. The van der Waals surface area contributed by atoms with Crippen molar-refractivity contribution < 1.29 is 27.5 Å². The molecule has 10 heteroatoms. The summed E-state index contributed by atoms with van der Waals surface area (Å²) in [6, 6.07) is 7.02. The maximum absolute atomic E-state index is 14.8. The molecular formula is C25H25BrCl2F3NO3. The predicted octanol–water partition coefficient (Wildman–Crippen LogP) is 8.59. The Balaban J connectivity index is 2.19. The summed E-state index contributed by atoms with van der Waals surface area (Å²) in [5.41, 5.74) is -3.76. The Morgan fingerprint density at radius 2 is 1.63 bits per heavy atom. The normalized spacial score (nSPS) is 18.8. The van der Waals surface area contributed by atoms with Gasteiger partial charge in [0.05, 0.1) is 11.3 Å². The zero-order valence-electron chi connectivity index (χ0n) is 20.0. The third kappa shape index (κ3) is 5.65. The van der Waals surface area contributed by atoms with Gasteiger partial charge in [0.2, 0.25) is 0 Å². The Bertz CT molecular complexity index is 1180. The van der Waals surface area contributed by atoms with Crippen molar-refractivity contribution in [1.82, 2.24) is 0 Å². The summed E-state index contributed by atoms with van der Waals surface area (Å²) >= 11 is 15.5. The predicted molar refractivity (Wildman–Crippen MR) is 134 cm³/mol. The SMILES string of the molecule is CC(C)(C)OC(=O)c1ccc(C2(C(F)(F)F)CC(c3cc(Cl)cc(Cl)c3)=NO2)c(C(C)(C)C)c1Br. The molecule has 0 saturated carbocycles. The maximum atomic E-state index is 14.8. The number of carbonyl (C=O) groups excluding carboxylic acids is 1. The van der Waals surface area contributed by atoms with E-state index >= 15 is 0 Å². The number of nitrogens with zero attached hydrogens (tertiary/aromatic N) is 1. The first kappa shape index (κ1) is 27.8. The van der Waals surface area contributed by atoms with Crippen LogP contribution in [0.2, 0.25) is 10.0 Å². The zero-order valence-corrected chi connectivity index (χ0v) is 23.1. The first-order valence-electron chi connectivity index (χ1n) is 10.7. The Morgan fingerprint density at radius 3 is 2.11 bits per heavy atom. The summed E-state index contributed by atoms with van der Waals surface area (Å²) in [6.45, 7) is 10.4. The van der Waals surface area contributed by atoms with Crippen LogP contribution < -0.4 is 0 Å². The second-order valence-corrected chi connectivity index (χ2v) is 12.1.